The highest BCUT2D eigenvalue weighted by atomic mass is 32.2. The highest BCUT2D eigenvalue weighted by Crippen LogP contribution is 2.28. The van der Waals surface area contributed by atoms with Gasteiger partial charge in [0.2, 0.25) is 10.0 Å². The Hall–Kier alpha value is -1.71. The highest BCUT2D eigenvalue weighted by molar-refractivity contribution is 7.90. The second kappa shape index (κ2) is 7.04. The predicted octanol–water partition coefficient (Wildman–Crippen LogP) is 2.34. The molecule has 1 atom stereocenters. The number of carbonyl (C=O) groups is 1. The first-order chi connectivity index (χ1) is 11.4. The Morgan fingerprint density at radius 3 is 2.96 bits per heavy atom. The molecule has 0 aliphatic carbocycles. The van der Waals surface area contributed by atoms with Crippen molar-refractivity contribution in [3.63, 3.8) is 0 Å². The van der Waals surface area contributed by atoms with Gasteiger partial charge in [0.05, 0.1) is 18.1 Å². The zero-order valence-corrected chi connectivity index (χ0v) is 14.8. The summed E-state index contributed by atoms with van der Waals surface area (Å²) in [6.07, 6.45) is 3.72. The SMILES string of the molecule is Cc1sc(-c2ccco2)nc1C(=O)NS(=O)(=O)CC1CCCCO1. The van der Waals surface area contributed by atoms with Crippen molar-refractivity contribution in [2.45, 2.75) is 32.3 Å². The number of thiazole rings is 1. The largest absolute Gasteiger partial charge is 0.462 e. The van der Waals surface area contributed by atoms with Crippen LogP contribution in [0.2, 0.25) is 0 Å². The maximum Gasteiger partial charge on any atom is 0.284 e. The van der Waals surface area contributed by atoms with Crippen LogP contribution in [0.15, 0.2) is 22.8 Å². The predicted molar refractivity (Wildman–Crippen MR) is 89.4 cm³/mol. The molecule has 3 rings (SSSR count). The molecule has 1 aliphatic rings. The number of aromatic nitrogens is 1. The minimum absolute atomic E-state index is 0.0968. The van der Waals surface area contributed by atoms with Gasteiger partial charge in [-0.3, -0.25) is 4.79 Å². The number of amides is 1. The van der Waals surface area contributed by atoms with Crippen LogP contribution in [0.1, 0.15) is 34.6 Å². The fraction of sp³-hybridized carbons (Fsp3) is 0.467. The fourth-order valence-electron chi connectivity index (χ4n) is 2.53. The summed E-state index contributed by atoms with van der Waals surface area (Å²) in [5.41, 5.74) is 0.0968. The van der Waals surface area contributed by atoms with Crippen molar-refractivity contribution in [3.05, 3.63) is 29.0 Å². The first-order valence-corrected chi connectivity index (χ1v) is 10.1. The van der Waals surface area contributed by atoms with Gasteiger partial charge in [-0.05, 0) is 38.3 Å². The van der Waals surface area contributed by atoms with Crippen LogP contribution in [-0.2, 0) is 14.8 Å². The van der Waals surface area contributed by atoms with Crippen molar-refractivity contribution < 1.29 is 22.4 Å². The lowest BCUT2D eigenvalue weighted by Gasteiger charge is -2.22. The minimum atomic E-state index is -3.77. The lowest BCUT2D eigenvalue weighted by Crippen LogP contribution is -2.38. The van der Waals surface area contributed by atoms with Crippen LogP contribution < -0.4 is 4.72 Å². The molecule has 1 N–H and O–H groups in total. The van der Waals surface area contributed by atoms with Gasteiger partial charge >= 0.3 is 0 Å². The van der Waals surface area contributed by atoms with Crippen molar-refractivity contribution in [2.75, 3.05) is 12.4 Å². The average molecular weight is 370 g/mol. The Labute approximate surface area is 144 Å². The van der Waals surface area contributed by atoms with Crippen LogP contribution in [-0.4, -0.2) is 37.8 Å². The molecule has 0 spiro atoms. The molecule has 2 aromatic heterocycles. The highest BCUT2D eigenvalue weighted by Gasteiger charge is 2.26. The third-order valence-corrected chi connectivity index (χ3v) is 5.96. The third kappa shape index (κ3) is 4.03. The van der Waals surface area contributed by atoms with E-state index >= 15 is 0 Å². The number of sulfonamides is 1. The molecule has 0 saturated carbocycles. The number of hydrogen-bond donors (Lipinski definition) is 1. The number of furan rings is 1. The molecule has 1 unspecified atom stereocenters. The first-order valence-electron chi connectivity index (χ1n) is 7.62. The second-order valence-corrected chi connectivity index (χ2v) is 8.57. The van der Waals surface area contributed by atoms with Gasteiger partial charge in [-0.2, -0.15) is 0 Å². The van der Waals surface area contributed by atoms with Gasteiger partial charge in [-0.25, -0.2) is 18.1 Å². The van der Waals surface area contributed by atoms with E-state index in [1.165, 1.54) is 17.6 Å². The molecule has 1 saturated heterocycles. The molecule has 0 radical (unpaired) electrons. The summed E-state index contributed by atoms with van der Waals surface area (Å²) >= 11 is 1.28. The number of rotatable bonds is 5. The number of aryl methyl sites for hydroxylation is 1. The van der Waals surface area contributed by atoms with Gasteiger partial charge in [0.1, 0.15) is 5.69 Å². The van der Waals surface area contributed by atoms with Gasteiger partial charge in [-0.15, -0.1) is 11.3 Å². The van der Waals surface area contributed by atoms with Crippen LogP contribution in [0.4, 0.5) is 0 Å². The Balaban J connectivity index is 1.70. The Morgan fingerprint density at radius 1 is 1.46 bits per heavy atom. The smallest absolute Gasteiger partial charge is 0.284 e. The molecule has 0 bridgehead atoms. The Bertz CT molecular complexity index is 805. The molecule has 24 heavy (non-hydrogen) atoms. The minimum Gasteiger partial charge on any atom is -0.462 e. The van der Waals surface area contributed by atoms with E-state index < -0.39 is 15.9 Å². The zero-order chi connectivity index (χ0) is 17.2. The van der Waals surface area contributed by atoms with E-state index in [0.717, 1.165) is 12.8 Å². The first kappa shape index (κ1) is 17.1. The summed E-state index contributed by atoms with van der Waals surface area (Å²) in [4.78, 5) is 17.1. The van der Waals surface area contributed by atoms with Gasteiger partial charge in [0, 0.05) is 11.5 Å². The van der Waals surface area contributed by atoms with Gasteiger partial charge < -0.3 is 9.15 Å². The van der Waals surface area contributed by atoms with E-state index in [1.54, 1.807) is 19.1 Å². The molecule has 1 fully saturated rings. The summed E-state index contributed by atoms with van der Waals surface area (Å²) in [5.74, 6) is -0.398. The van der Waals surface area contributed by atoms with Gasteiger partial charge in [0.25, 0.3) is 5.91 Å². The molecular weight excluding hydrogens is 352 g/mol. The van der Waals surface area contributed by atoms with E-state index in [1.807, 2.05) is 0 Å². The summed E-state index contributed by atoms with van der Waals surface area (Å²) < 4.78 is 37.1. The van der Waals surface area contributed by atoms with Crippen molar-refractivity contribution >= 4 is 27.3 Å². The van der Waals surface area contributed by atoms with Gasteiger partial charge in [0.15, 0.2) is 10.8 Å². The number of carbonyl (C=O) groups excluding carboxylic acids is 1. The van der Waals surface area contributed by atoms with Crippen LogP contribution in [0.25, 0.3) is 10.8 Å². The Kier molecular flexibility index (Phi) is 5.02. The monoisotopic (exact) mass is 370 g/mol. The van der Waals surface area contributed by atoms with E-state index in [9.17, 15) is 13.2 Å². The van der Waals surface area contributed by atoms with E-state index in [-0.39, 0.29) is 17.6 Å². The van der Waals surface area contributed by atoms with Crippen LogP contribution >= 0.6 is 11.3 Å². The van der Waals surface area contributed by atoms with Crippen LogP contribution in [0, 0.1) is 6.92 Å². The molecule has 9 heteroatoms. The van der Waals surface area contributed by atoms with Crippen molar-refractivity contribution in [2.24, 2.45) is 0 Å². The van der Waals surface area contributed by atoms with Crippen molar-refractivity contribution in [1.29, 1.82) is 0 Å². The molecule has 130 valence electrons. The summed E-state index contributed by atoms with van der Waals surface area (Å²) in [6.45, 7) is 2.28. The number of nitrogens with one attached hydrogen (secondary N) is 1. The lowest BCUT2D eigenvalue weighted by molar-refractivity contribution is 0.0304. The standard InChI is InChI=1S/C15H18N2O5S2/c1-10-13(16-15(23-10)12-6-4-8-22-12)14(18)17-24(19,20)9-11-5-2-3-7-21-11/h4,6,8,11H,2-3,5,7,9H2,1H3,(H,17,18). The molecule has 1 amide bonds. The van der Waals surface area contributed by atoms with E-state index in [4.69, 9.17) is 9.15 Å². The number of hydrogen-bond acceptors (Lipinski definition) is 7. The van der Waals surface area contributed by atoms with E-state index in [0.29, 0.717) is 28.7 Å². The molecule has 2 aromatic rings. The maximum atomic E-state index is 12.3. The molecular formula is C15H18N2O5S2. The third-order valence-electron chi connectivity index (χ3n) is 3.67. The maximum absolute atomic E-state index is 12.3. The molecule has 0 aromatic carbocycles. The summed E-state index contributed by atoms with van der Waals surface area (Å²) in [7, 11) is -3.77. The fourth-order valence-corrected chi connectivity index (χ4v) is 4.62. The summed E-state index contributed by atoms with van der Waals surface area (Å²) in [6, 6.07) is 3.46. The van der Waals surface area contributed by atoms with E-state index in [2.05, 4.69) is 9.71 Å². The van der Waals surface area contributed by atoms with Crippen molar-refractivity contribution in [1.82, 2.24) is 9.71 Å². The Morgan fingerprint density at radius 2 is 2.29 bits per heavy atom. The second-order valence-electron chi connectivity index (χ2n) is 5.60. The zero-order valence-electron chi connectivity index (χ0n) is 13.1. The van der Waals surface area contributed by atoms with Crippen LogP contribution in [0.3, 0.4) is 0 Å². The quantitative estimate of drug-likeness (QED) is 0.867. The number of nitrogens with zero attached hydrogens (tertiary/aromatic N) is 1. The summed E-state index contributed by atoms with van der Waals surface area (Å²) in [5, 5.41) is 0.538. The van der Waals surface area contributed by atoms with Crippen molar-refractivity contribution in [3.8, 4) is 10.8 Å². The number of ether oxygens (including phenoxy) is 1. The van der Waals surface area contributed by atoms with Gasteiger partial charge in [-0.1, -0.05) is 0 Å². The molecule has 3 heterocycles. The normalized spacial score (nSPS) is 18.5. The average Bonchev–Trinajstić information content (AvgIpc) is 3.16. The lowest BCUT2D eigenvalue weighted by atomic mass is 10.1. The topological polar surface area (TPSA) is 98.5 Å². The molecule has 1 aliphatic heterocycles. The van der Waals surface area contributed by atoms with Crippen LogP contribution in [0.5, 0.6) is 0 Å². The molecule has 7 nitrogen and oxygen atoms in total.